The number of carbonyl (C=O) groups excluding carboxylic acids is 1. The number of nitrogens with two attached hydrogens (primary N) is 1. The molecule has 1 amide bonds. The predicted octanol–water partition coefficient (Wildman–Crippen LogP) is 0.952. The Balaban J connectivity index is 2.73. The average molecular weight is 208 g/mol. The van der Waals surface area contributed by atoms with Crippen molar-refractivity contribution in [3.05, 3.63) is 29.6 Å². The number of carbonyl (C=O) groups is 1. The molecular formula is C10H9FN2O2. The van der Waals surface area contributed by atoms with E-state index in [9.17, 15) is 9.18 Å². The lowest BCUT2D eigenvalue weighted by Gasteiger charge is -2.06. The topological polar surface area (TPSA) is 76.1 Å². The quantitative estimate of drug-likeness (QED) is 0.800. The largest absolute Gasteiger partial charge is 0.492 e. The smallest absolute Gasteiger partial charge is 0.220 e. The van der Waals surface area contributed by atoms with E-state index in [0.717, 1.165) is 0 Å². The first kappa shape index (κ1) is 11.0. The summed E-state index contributed by atoms with van der Waals surface area (Å²) in [6.07, 6.45) is 0.0291. The standard InChI is InChI=1S/C10H9FN2O2/c11-8-2-1-3-9(7(8)6-12)15-5-4-10(13)14/h1-3H,4-5H2,(H2,13,14). The Kier molecular flexibility index (Phi) is 3.63. The number of halogens is 1. The van der Waals surface area contributed by atoms with Gasteiger partial charge in [-0.1, -0.05) is 6.07 Å². The van der Waals surface area contributed by atoms with Crippen LogP contribution in [0.25, 0.3) is 0 Å². The molecule has 0 fully saturated rings. The number of hydrogen-bond acceptors (Lipinski definition) is 3. The zero-order chi connectivity index (χ0) is 11.3. The molecular weight excluding hydrogens is 199 g/mol. The normalized spacial score (nSPS) is 9.33. The Morgan fingerprint density at radius 3 is 2.93 bits per heavy atom. The van der Waals surface area contributed by atoms with Crippen LogP contribution in [0.4, 0.5) is 4.39 Å². The molecule has 0 unspecified atom stereocenters. The SMILES string of the molecule is N#Cc1c(F)cccc1OCCC(N)=O. The van der Waals surface area contributed by atoms with Gasteiger partial charge >= 0.3 is 0 Å². The van der Waals surface area contributed by atoms with Crippen molar-refractivity contribution in [1.29, 1.82) is 5.26 Å². The Hall–Kier alpha value is -2.09. The van der Waals surface area contributed by atoms with Gasteiger partial charge in [0.2, 0.25) is 5.91 Å². The minimum atomic E-state index is -0.644. The zero-order valence-electron chi connectivity index (χ0n) is 7.87. The average Bonchev–Trinajstić information content (AvgIpc) is 2.17. The van der Waals surface area contributed by atoms with E-state index in [1.165, 1.54) is 18.2 Å². The molecule has 0 aromatic heterocycles. The van der Waals surface area contributed by atoms with Crippen molar-refractivity contribution >= 4 is 5.91 Å². The molecule has 0 atom stereocenters. The third-order valence-corrected chi connectivity index (χ3v) is 1.69. The van der Waals surface area contributed by atoms with E-state index in [1.807, 2.05) is 0 Å². The molecule has 0 saturated carbocycles. The van der Waals surface area contributed by atoms with Gasteiger partial charge in [0, 0.05) is 0 Å². The molecule has 0 aliphatic rings. The number of nitriles is 1. The van der Waals surface area contributed by atoms with Crippen molar-refractivity contribution in [3.8, 4) is 11.8 Å². The van der Waals surface area contributed by atoms with Crippen LogP contribution in [0.2, 0.25) is 0 Å². The first-order chi connectivity index (χ1) is 7.15. The van der Waals surface area contributed by atoms with Gasteiger partial charge in [0.05, 0.1) is 13.0 Å². The maximum absolute atomic E-state index is 13.0. The highest BCUT2D eigenvalue weighted by atomic mass is 19.1. The van der Waals surface area contributed by atoms with Crippen molar-refractivity contribution in [2.24, 2.45) is 5.73 Å². The maximum atomic E-state index is 13.0. The summed E-state index contributed by atoms with van der Waals surface area (Å²) in [5, 5.41) is 8.65. The Labute approximate surface area is 86.1 Å². The molecule has 78 valence electrons. The zero-order valence-corrected chi connectivity index (χ0v) is 7.87. The lowest BCUT2D eigenvalue weighted by atomic mass is 10.2. The van der Waals surface area contributed by atoms with Gasteiger partial charge in [0.15, 0.2) is 0 Å². The third-order valence-electron chi connectivity index (χ3n) is 1.69. The molecule has 1 aromatic carbocycles. The maximum Gasteiger partial charge on any atom is 0.220 e. The highest BCUT2D eigenvalue weighted by molar-refractivity contribution is 5.73. The van der Waals surface area contributed by atoms with Crippen LogP contribution in [0.3, 0.4) is 0 Å². The van der Waals surface area contributed by atoms with Gasteiger partial charge in [0.25, 0.3) is 0 Å². The van der Waals surface area contributed by atoms with Gasteiger partial charge in [0.1, 0.15) is 23.2 Å². The monoisotopic (exact) mass is 208 g/mol. The van der Waals surface area contributed by atoms with Gasteiger partial charge in [-0.2, -0.15) is 5.26 Å². The van der Waals surface area contributed by atoms with Crippen LogP contribution < -0.4 is 10.5 Å². The number of rotatable bonds is 4. The molecule has 0 heterocycles. The minimum absolute atomic E-state index is 0.0291. The van der Waals surface area contributed by atoms with E-state index in [1.54, 1.807) is 6.07 Å². The minimum Gasteiger partial charge on any atom is -0.492 e. The van der Waals surface area contributed by atoms with Crippen LogP contribution in [0.5, 0.6) is 5.75 Å². The fraction of sp³-hybridized carbons (Fsp3) is 0.200. The van der Waals surface area contributed by atoms with E-state index in [0.29, 0.717) is 0 Å². The van der Waals surface area contributed by atoms with Gasteiger partial charge in [-0.05, 0) is 12.1 Å². The molecule has 5 heteroatoms. The number of nitrogens with zero attached hydrogens (tertiary/aromatic N) is 1. The number of amides is 1. The summed E-state index contributed by atoms with van der Waals surface area (Å²) < 4.78 is 18.1. The van der Waals surface area contributed by atoms with Crippen LogP contribution in [0.1, 0.15) is 12.0 Å². The Morgan fingerprint density at radius 1 is 1.60 bits per heavy atom. The van der Waals surface area contributed by atoms with Crippen molar-refractivity contribution in [2.45, 2.75) is 6.42 Å². The summed E-state index contributed by atoms with van der Waals surface area (Å²) in [7, 11) is 0. The van der Waals surface area contributed by atoms with Gasteiger partial charge in [-0.15, -0.1) is 0 Å². The molecule has 1 rings (SSSR count). The summed E-state index contributed by atoms with van der Waals surface area (Å²) in [4.78, 5) is 10.4. The van der Waals surface area contributed by atoms with E-state index < -0.39 is 11.7 Å². The van der Waals surface area contributed by atoms with Crippen molar-refractivity contribution in [1.82, 2.24) is 0 Å². The highest BCUT2D eigenvalue weighted by Crippen LogP contribution is 2.20. The summed E-state index contributed by atoms with van der Waals surface area (Å²) in [6, 6.07) is 5.74. The molecule has 4 nitrogen and oxygen atoms in total. The molecule has 1 aromatic rings. The number of benzene rings is 1. The molecule has 0 saturated heterocycles. The van der Waals surface area contributed by atoms with Gasteiger partial charge in [-0.25, -0.2) is 4.39 Å². The summed E-state index contributed by atoms with van der Waals surface area (Å²) in [5.74, 6) is -1.03. The van der Waals surface area contributed by atoms with Gasteiger partial charge in [-0.3, -0.25) is 4.79 Å². The van der Waals surface area contributed by atoms with E-state index >= 15 is 0 Å². The first-order valence-corrected chi connectivity index (χ1v) is 4.25. The summed E-state index contributed by atoms with van der Waals surface area (Å²) in [5.41, 5.74) is 4.73. The molecule has 15 heavy (non-hydrogen) atoms. The number of ether oxygens (including phenoxy) is 1. The summed E-state index contributed by atoms with van der Waals surface area (Å²) >= 11 is 0. The second kappa shape index (κ2) is 4.96. The lowest BCUT2D eigenvalue weighted by molar-refractivity contribution is -0.118. The first-order valence-electron chi connectivity index (χ1n) is 4.25. The number of primary amides is 1. The van der Waals surface area contributed by atoms with Crippen molar-refractivity contribution in [3.63, 3.8) is 0 Å². The molecule has 0 radical (unpaired) electrons. The number of hydrogen-bond donors (Lipinski definition) is 1. The van der Waals surface area contributed by atoms with E-state index in [4.69, 9.17) is 15.7 Å². The Morgan fingerprint density at radius 2 is 2.33 bits per heavy atom. The molecule has 0 spiro atoms. The van der Waals surface area contributed by atoms with Crippen LogP contribution in [-0.4, -0.2) is 12.5 Å². The predicted molar refractivity (Wildman–Crippen MR) is 50.4 cm³/mol. The lowest BCUT2D eigenvalue weighted by Crippen LogP contribution is -2.14. The molecule has 2 N–H and O–H groups in total. The third kappa shape index (κ3) is 2.95. The van der Waals surface area contributed by atoms with E-state index in [2.05, 4.69) is 0 Å². The fourth-order valence-corrected chi connectivity index (χ4v) is 0.995. The second-order valence-electron chi connectivity index (χ2n) is 2.79. The second-order valence-corrected chi connectivity index (χ2v) is 2.79. The molecule has 0 aliphatic carbocycles. The van der Waals surface area contributed by atoms with Crippen molar-refractivity contribution in [2.75, 3.05) is 6.61 Å². The Bertz CT molecular complexity index is 412. The van der Waals surface area contributed by atoms with Crippen LogP contribution in [0.15, 0.2) is 18.2 Å². The van der Waals surface area contributed by atoms with Gasteiger partial charge < -0.3 is 10.5 Å². The fourth-order valence-electron chi connectivity index (χ4n) is 0.995. The molecule has 0 bridgehead atoms. The highest BCUT2D eigenvalue weighted by Gasteiger charge is 2.08. The van der Waals surface area contributed by atoms with E-state index in [-0.39, 0.29) is 24.3 Å². The summed E-state index contributed by atoms with van der Waals surface area (Å²) in [6.45, 7) is 0.0352. The molecule has 0 aliphatic heterocycles. The van der Waals surface area contributed by atoms with Crippen LogP contribution in [-0.2, 0) is 4.79 Å². The van der Waals surface area contributed by atoms with Crippen LogP contribution in [0, 0.1) is 17.1 Å². The van der Waals surface area contributed by atoms with Crippen LogP contribution >= 0.6 is 0 Å². The van der Waals surface area contributed by atoms with Crippen molar-refractivity contribution < 1.29 is 13.9 Å².